The van der Waals surface area contributed by atoms with Crippen molar-refractivity contribution in [2.24, 2.45) is 11.8 Å². The number of amides is 3. The van der Waals surface area contributed by atoms with Crippen LogP contribution in [0.3, 0.4) is 0 Å². The quantitative estimate of drug-likeness (QED) is 0.110. The summed E-state index contributed by atoms with van der Waals surface area (Å²) < 4.78 is 13.1. The number of allylic oxidation sites excluding steroid dienone is 1. The molecule has 3 heterocycles. The fourth-order valence-corrected chi connectivity index (χ4v) is 8.89. The molecule has 55 heavy (non-hydrogen) atoms. The van der Waals surface area contributed by atoms with Crippen LogP contribution in [0.1, 0.15) is 55.9 Å². The number of anilines is 1. The lowest BCUT2D eigenvalue weighted by molar-refractivity contribution is -0.162. The molecular weight excluding hydrogens is 695 g/mol. The van der Waals surface area contributed by atoms with Crippen LogP contribution >= 0.6 is 0 Å². The standard InChI is InChI=1S/C45H47N3O7/c1-4-6-21-37(50)46-29(3)40(32-18-11-8-12-19-32)54-44(53)38-36-24-25-45(55-36)39(38)42(51)48(35(28-49)31-16-9-7-10-17-31)41(45)43(52)47(26-5-2)34-23-22-30-15-13-14-20-33(30)27-34/h4-5,7-20,22-23,27,29,35-36,38-41,49H,1-2,6,21,24-26,28H2,3H3,(H,46,50)/t29-,35+,36-,38+,39+,40-,41-,45+/m0/s1. The maximum absolute atomic E-state index is 15.3. The first-order valence-corrected chi connectivity index (χ1v) is 18.9. The van der Waals surface area contributed by atoms with Gasteiger partial charge in [0.1, 0.15) is 17.7 Å². The number of nitrogens with zero attached hydrogens (tertiary/aromatic N) is 2. The van der Waals surface area contributed by atoms with E-state index in [2.05, 4.69) is 18.5 Å². The zero-order valence-electron chi connectivity index (χ0n) is 31.0. The van der Waals surface area contributed by atoms with Gasteiger partial charge >= 0.3 is 5.97 Å². The van der Waals surface area contributed by atoms with E-state index in [0.29, 0.717) is 36.1 Å². The van der Waals surface area contributed by atoms with Gasteiger partial charge in [0, 0.05) is 18.7 Å². The van der Waals surface area contributed by atoms with Crippen LogP contribution in [0, 0.1) is 11.8 Å². The molecule has 4 aromatic rings. The molecule has 4 aromatic carbocycles. The van der Waals surface area contributed by atoms with Crippen LogP contribution in [0.4, 0.5) is 5.69 Å². The average molecular weight is 742 g/mol. The molecular formula is C45H47N3O7. The molecule has 3 aliphatic heterocycles. The molecule has 1 spiro atoms. The minimum Gasteiger partial charge on any atom is -0.455 e. The number of benzene rings is 4. The molecule has 0 aromatic heterocycles. The molecule has 8 atom stereocenters. The zero-order chi connectivity index (χ0) is 38.7. The van der Waals surface area contributed by atoms with E-state index in [-0.39, 0.29) is 18.9 Å². The molecule has 2 N–H and O–H groups in total. The fourth-order valence-electron chi connectivity index (χ4n) is 8.89. The van der Waals surface area contributed by atoms with E-state index >= 15 is 9.59 Å². The number of carbonyl (C=O) groups excluding carboxylic acids is 4. The van der Waals surface area contributed by atoms with Gasteiger partial charge in [0.2, 0.25) is 11.8 Å². The van der Waals surface area contributed by atoms with Gasteiger partial charge in [-0.25, -0.2) is 0 Å². The Balaban J connectivity index is 1.27. The SMILES string of the molecule is C=CCCC(=O)N[C@@H](C)[C@H](OC(=O)[C@@H]1[C@@H]2CC[C@]3(O2)[C@H](C(=O)N(CC=C)c2ccc4ccccc4c2)N([C@H](CO)c2ccccc2)C(=O)[C@@H]13)c1ccccc1. The highest BCUT2D eigenvalue weighted by Gasteiger charge is 2.76. The molecule has 7 rings (SSSR count). The first-order valence-electron chi connectivity index (χ1n) is 18.9. The monoisotopic (exact) mass is 741 g/mol. The third kappa shape index (κ3) is 6.96. The number of carbonyl (C=O) groups is 4. The Morgan fingerprint density at radius 3 is 2.31 bits per heavy atom. The van der Waals surface area contributed by atoms with Crippen LogP contribution in [0.2, 0.25) is 0 Å². The van der Waals surface area contributed by atoms with E-state index in [4.69, 9.17) is 9.47 Å². The van der Waals surface area contributed by atoms with Crippen molar-refractivity contribution in [3.05, 3.63) is 140 Å². The first kappa shape index (κ1) is 37.7. The molecule has 0 radical (unpaired) electrons. The first-order chi connectivity index (χ1) is 26.7. The third-order valence-electron chi connectivity index (χ3n) is 11.3. The molecule has 0 aliphatic carbocycles. The molecule has 3 amide bonds. The topological polar surface area (TPSA) is 125 Å². The fraction of sp³-hybridized carbons (Fsp3) is 0.333. The number of rotatable bonds is 15. The molecule has 10 nitrogen and oxygen atoms in total. The third-order valence-corrected chi connectivity index (χ3v) is 11.3. The van der Waals surface area contributed by atoms with Crippen LogP contribution in [0.15, 0.2) is 128 Å². The smallest absolute Gasteiger partial charge is 0.313 e. The van der Waals surface area contributed by atoms with Crippen molar-refractivity contribution in [3.8, 4) is 0 Å². The minimum absolute atomic E-state index is 0.148. The number of aliphatic hydroxyl groups is 1. The van der Waals surface area contributed by atoms with Crippen LogP contribution in [-0.4, -0.2) is 70.6 Å². The van der Waals surface area contributed by atoms with Gasteiger partial charge in [0.15, 0.2) is 0 Å². The van der Waals surface area contributed by atoms with Crippen molar-refractivity contribution in [2.45, 2.75) is 68.5 Å². The molecule has 2 bridgehead atoms. The second-order valence-corrected chi connectivity index (χ2v) is 14.6. The Bertz CT molecular complexity index is 2070. The maximum atomic E-state index is 15.3. The highest BCUT2D eigenvalue weighted by atomic mass is 16.6. The molecule has 10 heteroatoms. The number of nitrogens with one attached hydrogen (secondary N) is 1. The molecule has 3 aliphatic rings. The zero-order valence-corrected chi connectivity index (χ0v) is 31.0. The predicted octanol–water partition coefficient (Wildman–Crippen LogP) is 6.22. The lowest BCUT2D eigenvalue weighted by atomic mass is 9.70. The van der Waals surface area contributed by atoms with Crippen molar-refractivity contribution >= 4 is 40.2 Å². The van der Waals surface area contributed by atoms with E-state index in [1.165, 1.54) is 4.90 Å². The Kier molecular flexibility index (Phi) is 11.0. The normalized spacial score (nSPS) is 24.1. The summed E-state index contributed by atoms with van der Waals surface area (Å²) in [6.07, 6.45) is 3.28. The Labute approximate surface area is 321 Å². The van der Waals surface area contributed by atoms with Gasteiger partial charge in [0.05, 0.1) is 36.6 Å². The number of ether oxygens (including phenoxy) is 2. The summed E-state index contributed by atoms with van der Waals surface area (Å²) in [7, 11) is 0. The number of likely N-dealkylation sites (tertiary alicyclic amines) is 1. The van der Waals surface area contributed by atoms with Gasteiger partial charge in [-0.1, -0.05) is 103 Å². The molecule has 284 valence electrons. The summed E-state index contributed by atoms with van der Waals surface area (Å²) in [6.45, 7) is 9.10. The van der Waals surface area contributed by atoms with E-state index < -0.39 is 72.2 Å². The van der Waals surface area contributed by atoms with E-state index in [1.54, 1.807) is 24.0 Å². The Morgan fingerprint density at radius 2 is 1.64 bits per heavy atom. The van der Waals surface area contributed by atoms with Crippen LogP contribution in [0.5, 0.6) is 0 Å². The van der Waals surface area contributed by atoms with E-state index in [9.17, 15) is 14.7 Å². The van der Waals surface area contributed by atoms with Crippen LogP contribution < -0.4 is 10.2 Å². The van der Waals surface area contributed by atoms with Crippen molar-refractivity contribution in [2.75, 3.05) is 18.1 Å². The van der Waals surface area contributed by atoms with Gasteiger partial charge in [-0.05, 0) is 60.2 Å². The van der Waals surface area contributed by atoms with Crippen molar-refractivity contribution in [1.29, 1.82) is 0 Å². The molecule has 0 saturated carbocycles. The highest BCUT2D eigenvalue weighted by Crippen LogP contribution is 2.60. The summed E-state index contributed by atoms with van der Waals surface area (Å²) in [5.41, 5.74) is 0.577. The number of aliphatic hydroxyl groups excluding tert-OH is 1. The number of hydrogen-bond donors (Lipinski definition) is 2. The van der Waals surface area contributed by atoms with Gasteiger partial charge in [-0.15, -0.1) is 13.2 Å². The number of esters is 1. The molecule has 0 unspecified atom stereocenters. The lowest BCUT2D eigenvalue weighted by Crippen LogP contribution is -2.57. The van der Waals surface area contributed by atoms with Crippen LogP contribution in [0.25, 0.3) is 10.8 Å². The molecule has 3 saturated heterocycles. The molecule has 3 fully saturated rings. The predicted molar refractivity (Wildman–Crippen MR) is 210 cm³/mol. The van der Waals surface area contributed by atoms with Gasteiger partial charge in [-0.2, -0.15) is 0 Å². The summed E-state index contributed by atoms with van der Waals surface area (Å²) in [6, 6.07) is 29.2. The second kappa shape index (κ2) is 16.0. The largest absolute Gasteiger partial charge is 0.455 e. The number of hydrogen-bond acceptors (Lipinski definition) is 7. The summed E-state index contributed by atoms with van der Waals surface area (Å²) in [5.74, 6) is -3.78. The van der Waals surface area contributed by atoms with Crippen molar-refractivity contribution in [1.82, 2.24) is 10.2 Å². The minimum atomic E-state index is -1.37. The lowest BCUT2D eigenvalue weighted by Gasteiger charge is -2.39. The second-order valence-electron chi connectivity index (χ2n) is 14.6. The van der Waals surface area contributed by atoms with Gasteiger partial charge < -0.3 is 29.7 Å². The van der Waals surface area contributed by atoms with E-state index in [0.717, 1.165) is 10.8 Å². The maximum Gasteiger partial charge on any atom is 0.313 e. The van der Waals surface area contributed by atoms with E-state index in [1.807, 2.05) is 103 Å². The Morgan fingerprint density at radius 1 is 0.964 bits per heavy atom. The van der Waals surface area contributed by atoms with Crippen molar-refractivity contribution in [3.63, 3.8) is 0 Å². The van der Waals surface area contributed by atoms with Gasteiger partial charge in [-0.3, -0.25) is 19.2 Å². The summed E-state index contributed by atoms with van der Waals surface area (Å²) in [5, 5.41) is 15.9. The van der Waals surface area contributed by atoms with Crippen molar-refractivity contribution < 1.29 is 33.8 Å². The van der Waals surface area contributed by atoms with Crippen LogP contribution in [-0.2, 0) is 28.7 Å². The Hall–Kier alpha value is -5.58. The highest BCUT2D eigenvalue weighted by molar-refractivity contribution is 6.05. The average Bonchev–Trinajstić information content (AvgIpc) is 3.86. The number of fused-ring (bicyclic) bond motifs is 2. The summed E-state index contributed by atoms with van der Waals surface area (Å²) >= 11 is 0. The summed E-state index contributed by atoms with van der Waals surface area (Å²) in [4.78, 5) is 60.8. The van der Waals surface area contributed by atoms with Gasteiger partial charge in [0.25, 0.3) is 5.91 Å².